The predicted molar refractivity (Wildman–Crippen MR) is 167 cm³/mol. The molecule has 11 heteroatoms. The van der Waals surface area contributed by atoms with Crippen molar-refractivity contribution in [1.82, 2.24) is 20.7 Å². The molecule has 2 aliphatic rings. The molecule has 0 bridgehead atoms. The van der Waals surface area contributed by atoms with Crippen LogP contribution in [0.25, 0.3) is 11.1 Å². The van der Waals surface area contributed by atoms with Gasteiger partial charge >= 0.3 is 6.09 Å². The average Bonchev–Trinajstić information content (AvgIpc) is 3.81. The number of allylic oxidation sites excluding steroid dienone is 2. The van der Waals surface area contributed by atoms with Crippen LogP contribution in [0.4, 0.5) is 4.79 Å². The summed E-state index contributed by atoms with van der Waals surface area (Å²) in [5.74, 6) is -0.499. The zero-order chi connectivity index (χ0) is 30.9. The SMILES string of the molecule is C=C(CN(C(=O)OCC1c2ccccc2-c2ccccc21)C(NNC(=O)C1=C[CH]1)N(C)C=N/C=C(\C)CC)N=NC(C)=N. The lowest BCUT2D eigenvalue weighted by molar-refractivity contribution is -0.119. The van der Waals surface area contributed by atoms with Crippen molar-refractivity contribution in [3.8, 4) is 11.1 Å². The fourth-order valence-electron chi connectivity index (χ4n) is 4.52. The number of carbonyl (C=O) groups excluding carboxylic acids is 2. The molecule has 2 aromatic rings. The lowest BCUT2D eigenvalue weighted by Gasteiger charge is -2.36. The van der Waals surface area contributed by atoms with Gasteiger partial charge in [0, 0.05) is 31.2 Å². The Bertz CT molecular complexity index is 1460. The molecule has 223 valence electrons. The molecule has 2 aromatic carbocycles. The van der Waals surface area contributed by atoms with Gasteiger partial charge in [0.2, 0.25) is 0 Å². The van der Waals surface area contributed by atoms with E-state index in [0.29, 0.717) is 5.57 Å². The number of fused-ring (bicyclic) bond motifs is 3. The van der Waals surface area contributed by atoms with E-state index in [1.54, 1.807) is 37.0 Å². The Hall–Kier alpha value is -4.90. The molecular formula is C32H37N8O3. The number of amides is 2. The first kappa shape index (κ1) is 31.0. The topological polar surface area (TPSA) is 135 Å². The number of hydrogen-bond acceptors (Lipinski definition) is 7. The minimum Gasteiger partial charge on any atom is -0.448 e. The fourth-order valence-corrected chi connectivity index (χ4v) is 4.52. The molecule has 0 aromatic heterocycles. The van der Waals surface area contributed by atoms with Gasteiger partial charge in [0.15, 0.2) is 6.29 Å². The molecule has 1 radical (unpaired) electrons. The largest absolute Gasteiger partial charge is 0.448 e. The van der Waals surface area contributed by atoms with E-state index in [9.17, 15) is 9.59 Å². The Morgan fingerprint density at radius 3 is 2.30 bits per heavy atom. The van der Waals surface area contributed by atoms with Crippen LogP contribution in [0.15, 0.2) is 99.5 Å². The first-order valence-corrected chi connectivity index (χ1v) is 14.0. The number of azo groups is 1. The van der Waals surface area contributed by atoms with Gasteiger partial charge in [0.25, 0.3) is 5.91 Å². The second kappa shape index (κ2) is 14.3. The van der Waals surface area contributed by atoms with Crippen molar-refractivity contribution in [2.75, 3.05) is 20.2 Å². The summed E-state index contributed by atoms with van der Waals surface area (Å²) in [4.78, 5) is 33.6. The molecule has 43 heavy (non-hydrogen) atoms. The predicted octanol–water partition coefficient (Wildman–Crippen LogP) is 5.52. The van der Waals surface area contributed by atoms with Crippen LogP contribution in [0.2, 0.25) is 0 Å². The summed E-state index contributed by atoms with van der Waals surface area (Å²) < 4.78 is 5.96. The summed E-state index contributed by atoms with van der Waals surface area (Å²) in [6.45, 7) is 9.38. The van der Waals surface area contributed by atoms with Crippen molar-refractivity contribution in [1.29, 1.82) is 5.41 Å². The van der Waals surface area contributed by atoms with E-state index >= 15 is 0 Å². The number of aliphatic imine (C=N–C) groups is 1. The summed E-state index contributed by atoms with van der Waals surface area (Å²) >= 11 is 0. The third-order valence-electron chi connectivity index (χ3n) is 6.96. The van der Waals surface area contributed by atoms with E-state index in [4.69, 9.17) is 10.1 Å². The van der Waals surface area contributed by atoms with Crippen molar-refractivity contribution in [2.24, 2.45) is 15.2 Å². The Labute approximate surface area is 252 Å². The first-order valence-electron chi connectivity index (χ1n) is 14.0. The molecular weight excluding hydrogens is 544 g/mol. The summed E-state index contributed by atoms with van der Waals surface area (Å²) in [7, 11) is 1.71. The highest BCUT2D eigenvalue weighted by atomic mass is 16.6. The second-order valence-electron chi connectivity index (χ2n) is 10.3. The van der Waals surface area contributed by atoms with Gasteiger partial charge in [-0.25, -0.2) is 9.79 Å². The second-order valence-corrected chi connectivity index (χ2v) is 10.3. The smallest absolute Gasteiger partial charge is 0.412 e. The standard InChI is InChI=1S/C32H37N8O3/c1-6-21(2)17-34-20-39(5)31(38-37-30(41)24-15-16-24)40(18-22(3)35-36-23(4)33)32(42)43-19-29-27-13-9-7-11-25(27)26-12-8-10-14-28(26)29/h7-17,20,29,31,33,38H,3,6,18-19H2,1-2,4-5H3,(H,37,41)/b21-17+,33-23?,34-20?,36-35?. The minimum absolute atomic E-state index is 0.00734. The summed E-state index contributed by atoms with van der Waals surface area (Å²) in [6.07, 6.45) is 5.85. The summed E-state index contributed by atoms with van der Waals surface area (Å²) in [5.41, 5.74) is 11.8. The van der Waals surface area contributed by atoms with Gasteiger partial charge in [-0.05, 0) is 42.5 Å². The lowest BCUT2D eigenvalue weighted by atomic mass is 9.98. The third kappa shape index (κ3) is 8.10. The van der Waals surface area contributed by atoms with Crippen LogP contribution in [0.1, 0.15) is 44.2 Å². The zero-order valence-corrected chi connectivity index (χ0v) is 24.9. The van der Waals surface area contributed by atoms with Crippen LogP contribution >= 0.6 is 0 Å². The van der Waals surface area contributed by atoms with Crippen molar-refractivity contribution >= 4 is 24.2 Å². The third-order valence-corrected chi connectivity index (χ3v) is 6.96. The molecule has 2 amide bonds. The number of rotatable bonds is 13. The van der Waals surface area contributed by atoms with Crippen molar-refractivity contribution in [2.45, 2.75) is 39.4 Å². The van der Waals surface area contributed by atoms with Gasteiger partial charge in [0.05, 0.1) is 18.6 Å². The van der Waals surface area contributed by atoms with Gasteiger partial charge in [-0.3, -0.25) is 20.5 Å². The van der Waals surface area contributed by atoms with Gasteiger partial charge < -0.3 is 9.64 Å². The Morgan fingerprint density at radius 2 is 1.72 bits per heavy atom. The van der Waals surface area contributed by atoms with Crippen LogP contribution in [0.3, 0.4) is 0 Å². The Kier molecular flexibility index (Phi) is 10.3. The average molecular weight is 582 g/mol. The molecule has 4 rings (SSSR count). The van der Waals surface area contributed by atoms with E-state index in [1.165, 1.54) is 11.8 Å². The number of amidine groups is 1. The Morgan fingerprint density at radius 1 is 1.09 bits per heavy atom. The van der Waals surface area contributed by atoms with Gasteiger partial charge in [0.1, 0.15) is 12.4 Å². The molecule has 0 heterocycles. The molecule has 11 nitrogen and oxygen atoms in total. The number of benzene rings is 2. The maximum Gasteiger partial charge on any atom is 0.412 e. The molecule has 0 fully saturated rings. The van der Waals surface area contributed by atoms with Crippen molar-refractivity contribution < 1.29 is 14.3 Å². The number of hydrogen-bond donors (Lipinski definition) is 3. The lowest BCUT2D eigenvalue weighted by Crippen LogP contribution is -2.62. The van der Waals surface area contributed by atoms with E-state index < -0.39 is 12.4 Å². The first-order chi connectivity index (χ1) is 20.7. The van der Waals surface area contributed by atoms with E-state index in [-0.39, 0.29) is 36.5 Å². The van der Waals surface area contributed by atoms with Crippen LogP contribution in [-0.2, 0) is 9.53 Å². The number of hydrazine groups is 1. The zero-order valence-electron chi connectivity index (χ0n) is 24.9. The summed E-state index contributed by atoms with van der Waals surface area (Å²) in [6, 6.07) is 16.2. The molecule has 0 saturated carbocycles. The monoisotopic (exact) mass is 581 g/mol. The van der Waals surface area contributed by atoms with Crippen LogP contribution in [0, 0.1) is 11.8 Å². The highest BCUT2D eigenvalue weighted by molar-refractivity contribution is 6.00. The Balaban J connectivity index is 1.60. The number of ether oxygens (including phenoxy) is 1. The minimum atomic E-state index is -0.953. The molecule has 1 atom stereocenters. The maximum atomic E-state index is 13.9. The van der Waals surface area contributed by atoms with Gasteiger partial charge in [-0.1, -0.05) is 73.7 Å². The number of carbonyl (C=O) groups is 2. The summed E-state index contributed by atoms with van der Waals surface area (Å²) in [5, 5.41) is 15.3. The molecule has 0 spiro atoms. The van der Waals surface area contributed by atoms with E-state index in [2.05, 4.69) is 44.8 Å². The molecule has 2 aliphatic carbocycles. The highest BCUT2D eigenvalue weighted by Gasteiger charge is 2.33. The van der Waals surface area contributed by atoms with E-state index in [1.807, 2.05) is 50.2 Å². The quantitative estimate of drug-likeness (QED) is 0.0941. The normalized spacial score (nSPS) is 14.6. The highest BCUT2D eigenvalue weighted by Crippen LogP contribution is 2.44. The van der Waals surface area contributed by atoms with Crippen molar-refractivity contribution in [3.63, 3.8) is 0 Å². The van der Waals surface area contributed by atoms with Crippen LogP contribution < -0.4 is 10.9 Å². The maximum absolute atomic E-state index is 13.9. The fraction of sp³-hybridized carbons (Fsp3) is 0.281. The van der Waals surface area contributed by atoms with Crippen LogP contribution in [0.5, 0.6) is 0 Å². The molecule has 0 aliphatic heterocycles. The molecule has 0 saturated heterocycles. The van der Waals surface area contributed by atoms with E-state index in [0.717, 1.165) is 34.2 Å². The number of nitrogens with zero attached hydrogens (tertiary/aromatic N) is 5. The van der Waals surface area contributed by atoms with Crippen LogP contribution in [-0.4, -0.2) is 60.5 Å². The molecule has 3 N–H and O–H groups in total. The van der Waals surface area contributed by atoms with Crippen molar-refractivity contribution in [3.05, 3.63) is 102 Å². The number of nitrogens with one attached hydrogen (secondary N) is 3. The van der Waals surface area contributed by atoms with Gasteiger partial charge in [-0.15, -0.1) is 5.11 Å². The van der Waals surface area contributed by atoms with Gasteiger partial charge in [-0.2, -0.15) is 10.5 Å². The molecule has 1 unspecified atom stereocenters.